The van der Waals surface area contributed by atoms with Crippen molar-refractivity contribution in [2.24, 2.45) is 0 Å². The normalized spacial score (nSPS) is 9.44. The van der Waals surface area contributed by atoms with Gasteiger partial charge >= 0.3 is 5.69 Å². The highest BCUT2D eigenvalue weighted by Gasteiger charge is 1.93. The zero-order valence-corrected chi connectivity index (χ0v) is 4.27. The molecule has 0 radical (unpaired) electrons. The number of H-pyrrole nitrogens is 2. The van der Waals surface area contributed by atoms with Crippen LogP contribution in [-0.4, -0.2) is 9.97 Å². The molecule has 0 unspecified atom stereocenters. The second-order valence-electron chi connectivity index (χ2n) is 1.42. The number of halogens is 1. The van der Waals surface area contributed by atoms with Crippen LogP contribution in [0.2, 0.25) is 0 Å². The minimum atomic E-state index is -1.00. The molecule has 2 N–H and O–H groups in total. The first-order chi connectivity index (χ1) is 4.20. The fraction of sp³-hybridized carbons (Fsp3) is 0. The molecule has 5 heteroatoms. The Balaban J connectivity index is 3.52. The van der Waals surface area contributed by atoms with Crippen LogP contribution >= 0.6 is 0 Å². The van der Waals surface area contributed by atoms with Crippen LogP contribution < -0.4 is 11.2 Å². The van der Waals surface area contributed by atoms with Gasteiger partial charge in [-0.1, -0.05) is 0 Å². The van der Waals surface area contributed by atoms with E-state index in [9.17, 15) is 14.0 Å². The van der Waals surface area contributed by atoms with E-state index in [1.807, 2.05) is 4.98 Å². The van der Waals surface area contributed by atoms with Crippen LogP contribution in [0.4, 0.5) is 4.39 Å². The lowest BCUT2D eigenvalue weighted by Crippen LogP contribution is -2.23. The van der Waals surface area contributed by atoms with E-state index in [0.29, 0.717) is 6.20 Å². The summed E-state index contributed by atoms with van der Waals surface area (Å²) in [5.41, 5.74) is -1.71. The Morgan fingerprint density at radius 2 is 2.11 bits per heavy atom. The summed E-state index contributed by atoms with van der Waals surface area (Å²) >= 11 is 0. The quantitative estimate of drug-likeness (QED) is 0.485. The van der Waals surface area contributed by atoms with Crippen LogP contribution in [-0.2, 0) is 0 Å². The summed E-state index contributed by atoms with van der Waals surface area (Å²) in [7, 11) is 0. The van der Waals surface area contributed by atoms with E-state index in [4.69, 9.17) is 0 Å². The molecule has 0 aliphatic heterocycles. The Morgan fingerprint density at radius 3 is 2.56 bits per heavy atom. The van der Waals surface area contributed by atoms with Gasteiger partial charge in [0.2, 0.25) is 5.82 Å². The molecule has 0 aliphatic carbocycles. The minimum absolute atomic E-state index is 0.707. The van der Waals surface area contributed by atoms with Crippen molar-refractivity contribution >= 4 is 0 Å². The second-order valence-corrected chi connectivity index (χ2v) is 1.42. The van der Waals surface area contributed by atoms with Crippen molar-refractivity contribution < 1.29 is 4.39 Å². The number of rotatable bonds is 0. The summed E-state index contributed by atoms with van der Waals surface area (Å²) in [6.07, 6.45) is 0.709. The summed E-state index contributed by atoms with van der Waals surface area (Å²) < 4.78 is 12.0. The summed E-state index contributed by atoms with van der Waals surface area (Å²) in [6.45, 7) is 0. The fourth-order valence-corrected chi connectivity index (χ4v) is 0.393. The maximum absolute atomic E-state index is 12.0. The largest absolute Gasteiger partial charge is 0.325 e. The van der Waals surface area contributed by atoms with Gasteiger partial charge in [-0.25, -0.2) is 4.79 Å². The first-order valence-electron chi connectivity index (χ1n) is 2.17. The van der Waals surface area contributed by atoms with E-state index < -0.39 is 17.1 Å². The minimum Gasteiger partial charge on any atom is -0.311 e. The van der Waals surface area contributed by atoms with Gasteiger partial charge in [-0.15, -0.1) is 0 Å². The van der Waals surface area contributed by atoms with Gasteiger partial charge in [-0.2, -0.15) is 4.39 Å². The molecule has 1 aromatic rings. The highest BCUT2D eigenvalue weighted by Crippen LogP contribution is 1.74. The van der Waals surface area contributed by atoms with Crippen molar-refractivity contribution in [3.8, 4) is 0 Å². The van der Waals surface area contributed by atoms with Crippen LogP contribution in [0.5, 0.6) is 0 Å². The highest BCUT2D eigenvalue weighted by atomic mass is 19.1. The molecule has 1 rings (SSSR count). The van der Waals surface area contributed by atoms with Crippen LogP contribution in [0, 0.1) is 5.82 Å². The third kappa shape index (κ3) is 1.04. The van der Waals surface area contributed by atoms with Crippen LogP contribution in [0.25, 0.3) is 0 Å². The number of aromatic nitrogens is 2. The van der Waals surface area contributed by atoms with Crippen molar-refractivity contribution in [3.63, 3.8) is 0 Å². The zero-order valence-electron chi connectivity index (χ0n) is 4.27. The van der Waals surface area contributed by atoms with Gasteiger partial charge in [-0.05, 0) is 0 Å². The van der Waals surface area contributed by atoms with Crippen molar-refractivity contribution in [1.29, 1.82) is 0 Å². The molecule has 48 valence electrons. The lowest BCUT2D eigenvalue weighted by molar-refractivity contribution is 0.597. The molecule has 9 heavy (non-hydrogen) atoms. The number of nitrogens with one attached hydrogen (secondary N) is 2. The third-order valence-electron chi connectivity index (χ3n) is 0.774. The van der Waals surface area contributed by atoms with Crippen molar-refractivity contribution in [1.82, 2.24) is 9.97 Å². The van der Waals surface area contributed by atoms with Crippen LogP contribution in [0.1, 0.15) is 0 Å². The molecule has 0 saturated heterocycles. The topological polar surface area (TPSA) is 65.7 Å². The molecule has 0 atom stereocenters. The van der Waals surface area contributed by atoms with Crippen LogP contribution in [0.15, 0.2) is 15.8 Å². The molecule has 0 amide bonds. The van der Waals surface area contributed by atoms with Crippen molar-refractivity contribution in [3.05, 3.63) is 32.9 Å². The number of aromatic amines is 2. The Bertz CT molecular complexity index is 313. The van der Waals surface area contributed by atoms with Gasteiger partial charge in [0.25, 0.3) is 5.56 Å². The Labute approximate surface area is 48.4 Å². The van der Waals surface area contributed by atoms with Gasteiger partial charge in [0, 0.05) is 6.20 Å². The molecule has 0 aromatic carbocycles. The molecule has 0 spiro atoms. The highest BCUT2D eigenvalue weighted by molar-refractivity contribution is 4.83. The van der Waals surface area contributed by atoms with E-state index >= 15 is 0 Å². The smallest absolute Gasteiger partial charge is 0.311 e. The predicted molar refractivity (Wildman–Crippen MR) is 27.6 cm³/mol. The molecule has 1 heterocycles. The number of hydrogen-bond donors (Lipinski definition) is 2. The molecule has 0 saturated carbocycles. The van der Waals surface area contributed by atoms with E-state index in [0.717, 1.165) is 0 Å². The van der Waals surface area contributed by atoms with Gasteiger partial charge in [0.15, 0.2) is 0 Å². The second kappa shape index (κ2) is 1.85. The molecular weight excluding hydrogens is 129 g/mol. The van der Waals surface area contributed by atoms with E-state index in [1.165, 1.54) is 0 Å². The first kappa shape index (κ1) is 5.74. The van der Waals surface area contributed by atoms with Crippen molar-refractivity contribution in [2.45, 2.75) is 0 Å². The Hall–Kier alpha value is -1.39. The maximum atomic E-state index is 12.0. The fourth-order valence-electron chi connectivity index (χ4n) is 0.393. The molecular formula is C4H3FN2O2. The first-order valence-corrected chi connectivity index (χ1v) is 2.17. The summed E-state index contributed by atoms with van der Waals surface area (Å²) in [6, 6.07) is 0. The lowest BCUT2D eigenvalue weighted by atomic mass is 10.8. The average molecular weight is 132 g/mol. The van der Waals surface area contributed by atoms with E-state index in [2.05, 4.69) is 0 Å². The molecule has 0 aliphatic rings. The van der Waals surface area contributed by atoms with E-state index in [1.54, 1.807) is 4.98 Å². The Morgan fingerprint density at radius 1 is 1.44 bits per heavy atom. The third-order valence-corrected chi connectivity index (χ3v) is 0.774. The summed E-state index contributed by atoms with van der Waals surface area (Å²) in [5.74, 6) is -0.991. The molecule has 1 aromatic heterocycles. The maximum Gasteiger partial charge on any atom is 0.325 e. The average Bonchev–Trinajstić information content (AvgIpc) is 1.80. The van der Waals surface area contributed by atoms with Crippen LogP contribution in [0.3, 0.4) is 0 Å². The van der Waals surface area contributed by atoms with Gasteiger partial charge in [0.1, 0.15) is 0 Å². The predicted octanol–water partition coefficient (Wildman–Crippen LogP) is -0.798. The van der Waals surface area contributed by atoms with Gasteiger partial charge < -0.3 is 4.98 Å². The monoisotopic (exact) mass is 132 g/mol. The molecule has 0 bridgehead atoms. The van der Waals surface area contributed by atoms with Crippen molar-refractivity contribution in [2.75, 3.05) is 0 Å². The summed E-state index contributed by atoms with van der Waals surface area (Å²) in [4.78, 5) is 24.0. The number of hydrogen-bond acceptors (Lipinski definition) is 2. The standard InChI is InChI=1S/C4H3FN2O2/c5-2-1-6-4(9)7-3(2)8/h1H,(H2,6,7,8,9)/i1+2. The van der Waals surface area contributed by atoms with Gasteiger partial charge in [-0.3, -0.25) is 9.78 Å². The SMILES string of the molecule is O=c1[nH][14cH]c(F)c(=O)[nH]1. The molecule has 0 fully saturated rings. The van der Waals surface area contributed by atoms with Gasteiger partial charge in [0.05, 0.1) is 0 Å². The Kier molecular flexibility index (Phi) is 1.18. The zero-order chi connectivity index (χ0) is 6.85. The lowest BCUT2D eigenvalue weighted by Gasteiger charge is -1.81. The summed E-state index contributed by atoms with van der Waals surface area (Å²) in [5, 5.41) is 0. The van der Waals surface area contributed by atoms with E-state index in [-0.39, 0.29) is 0 Å². The molecule has 4 nitrogen and oxygen atoms in total.